The second-order valence-electron chi connectivity index (χ2n) is 4.63. The van der Waals surface area contributed by atoms with Crippen molar-refractivity contribution in [3.8, 4) is 5.75 Å². The molecule has 0 aliphatic heterocycles. The van der Waals surface area contributed by atoms with E-state index >= 15 is 0 Å². The van der Waals surface area contributed by atoms with Crippen LogP contribution in [0.5, 0.6) is 5.75 Å². The summed E-state index contributed by atoms with van der Waals surface area (Å²) < 4.78 is 19.5. The summed E-state index contributed by atoms with van der Waals surface area (Å²) in [5.74, 6) is -0.214. The van der Waals surface area contributed by atoms with Gasteiger partial charge in [0.05, 0.1) is 5.56 Å². The fourth-order valence-electron chi connectivity index (χ4n) is 1.94. The SMILES string of the molecule is Cc1ccc(COc2cccc(NC(=O)O)c2)c(F)c1C=O. The average molecular weight is 303 g/mol. The minimum Gasteiger partial charge on any atom is -0.489 e. The lowest BCUT2D eigenvalue weighted by atomic mass is 10.1. The quantitative estimate of drug-likeness (QED) is 0.827. The Hall–Kier alpha value is -2.89. The number of rotatable bonds is 5. The van der Waals surface area contributed by atoms with E-state index in [0.717, 1.165) is 0 Å². The van der Waals surface area contributed by atoms with E-state index in [1.807, 2.05) is 0 Å². The van der Waals surface area contributed by atoms with E-state index in [4.69, 9.17) is 9.84 Å². The highest BCUT2D eigenvalue weighted by atomic mass is 19.1. The maximum Gasteiger partial charge on any atom is 0.409 e. The molecule has 0 aliphatic rings. The number of hydrogen-bond donors (Lipinski definition) is 2. The van der Waals surface area contributed by atoms with Crippen molar-refractivity contribution in [1.29, 1.82) is 0 Å². The minimum atomic E-state index is -1.18. The Morgan fingerprint density at radius 2 is 2.14 bits per heavy atom. The maximum absolute atomic E-state index is 14.1. The molecule has 2 aromatic rings. The summed E-state index contributed by atoms with van der Waals surface area (Å²) in [6, 6.07) is 9.49. The van der Waals surface area contributed by atoms with Gasteiger partial charge in [0.15, 0.2) is 6.29 Å². The summed E-state index contributed by atoms with van der Waals surface area (Å²) in [4.78, 5) is 21.4. The highest BCUT2D eigenvalue weighted by Gasteiger charge is 2.11. The third kappa shape index (κ3) is 3.60. The van der Waals surface area contributed by atoms with Crippen molar-refractivity contribution in [3.63, 3.8) is 0 Å². The molecule has 1 amide bonds. The number of amides is 1. The Bertz CT molecular complexity index is 715. The third-order valence-corrected chi connectivity index (χ3v) is 3.08. The molecule has 0 saturated carbocycles. The van der Waals surface area contributed by atoms with E-state index in [-0.39, 0.29) is 17.7 Å². The largest absolute Gasteiger partial charge is 0.489 e. The van der Waals surface area contributed by atoms with E-state index in [1.165, 1.54) is 6.07 Å². The molecule has 0 unspecified atom stereocenters. The second-order valence-corrected chi connectivity index (χ2v) is 4.63. The molecule has 0 saturated heterocycles. The molecule has 5 nitrogen and oxygen atoms in total. The van der Waals surface area contributed by atoms with Crippen LogP contribution in [-0.4, -0.2) is 17.5 Å². The predicted molar refractivity (Wildman–Crippen MR) is 78.9 cm³/mol. The van der Waals surface area contributed by atoms with Gasteiger partial charge in [-0.1, -0.05) is 18.2 Å². The van der Waals surface area contributed by atoms with E-state index in [0.29, 0.717) is 23.3 Å². The number of benzene rings is 2. The Labute approximate surface area is 126 Å². The standard InChI is InChI=1S/C16H14FNO4/c1-10-5-6-11(15(17)14(10)8-19)9-22-13-4-2-3-12(7-13)18-16(20)21/h2-8,18H,9H2,1H3,(H,20,21). The first kappa shape index (κ1) is 15.5. The monoisotopic (exact) mass is 303 g/mol. The summed E-state index contributed by atoms with van der Waals surface area (Å²) in [5, 5.41) is 10.8. The molecule has 0 heterocycles. The minimum absolute atomic E-state index is 0.0161. The number of aldehydes is 1. The first-order valence-corrected chi connectivity index (χ1v) is 6.47. The van der Waals surface area contributed by atoms with Gasteiger partial charge in [0.2, 0.25) is 0 Å². The van der Waals surface area contributed by atoms with Crippen LogP contribution in [0.4, 0.5) is 14.9 Å². The maximum atomic E-state index is 14.1. The zero-order chi connectivity index (χ0) is 16.1. The fourth-order valence-corrected chi connectivity index (χ4v) is 1.94. The number of halogens is 1. The van der Waals surface area contributed by atoms with Crippen LogP contribution in [0.15, 0.2) is 36.4 Å². The van der Waals surface area contributed by atoms with Crippen molar-refractivity contribution in [2.24, 2.45) is 0 Å². The summed E-state index contributed by atoms with van der Waals surface area (Å²) in [5.41, 5.74) is 1.18. The average Bonchev–Trinajstić information content (AvgIpc) is 2.47. The Morgan fingerprint density at radius 1 is 1.36 bits per heavy atom. The second kappa shape index (κ2) is 6.71. The molecule has 0 spiro atoms. The van der Waals surface area contributed by atoms with Gasteiger partial charge < -0.3 is 9.84 Å². The van der Waals surface area contributed by atoms with Crippen LogP contribution in [0.2, 0.25) is 0 Å². The van der Waals surface area contributed by atoms with Crippen molar-refractivity contribution in [2.75, 3.05) is 5.32 Å². The van der Waals surface area contributed by atoms with E-state index < -0.39 is 11.9 Å². The van der Waals surface area contributed by atoms with Crippen LogP contribution >= 0.6 is 0 Å². The van der Waals surface area contributed by atoms with Gasteiger partial charge >= 0.3 is 6.09 Å². The molecule has 0 aliphatic carbocycles. The first-order chi connectivity index (χ1) is 10.5. The lowest BCUT2D eigenvalue weighted by molar-refractivity contribution is 0.111. The van der Waals surface area contributed by atoms with Gasteiger partial charge in [-0.2, -0.15) is 0 Å². The van der Waals surface area contributed by atoms with Gasteiger partial charge in [0, 0.05) is 17.3 Å². The van der Waals surface area contributed by atoms with Crippen molar-refractivity contribution in [3.05, 3.63) is 58.9 Å². The highest BCUT2D eigenvalue weighted by molar-refractivity contribution is 5.83. The van der Waals surface area contributed by atoms with Crippen LogP contribution in [0.25, 0.3) is 0 Å². The van der Waals surface area contributed by atoms with E-state index in [2.05, 4.69) is 5.32 Å². The number of anilines is 1. The van der Waals surface area contributed by atoms with Gasteiger partial charge in [0.25, 0.3) is 0 Å². The number of nitrogens with one attached hydrogen (secondary N) is 1. The highest BCUT2D eigenvalue weighted by Crippen LogP contribution is 2.21. The van der Waals surface area contributed by atoms with Gasteiger partial charge in [0.1, 0.15) is 18.2 Å². The topological polar surface area (TPSA) is 75.6 Å². The Kier molecular flexibility index (Phi) is 4.73. The summed E-state index contributed by atoms with van der Waals surface area (Å²) in [6.45, 7) is 1.59. The molecule has 114 valence electrons. The van der Waals surface area contributed by atoms with Crippen LogP contribution in [0.1, 0.15) is 21.5 Å². The van der Waals surface area contributed by atoms with Crippen LogP contribution in [0.3, 0.4) is 0 Å². The van der Waals surface area contributed by atoms with Crippen LogP contribution in [-0.2, 0) is 6.61 Å². The van der Waals surface area contributed by atoms with Gasteiger partial charge in [-0.25, -0.2) is 9.18 Å². The van der Waals surface area contributed by atoms with Crippen molar-refractivity contribution < 1.29 is 23.8 Å². The van der Waals surface area contributed by atoms with Gasteiger partial charge in [-0.15, -0.1) is 0 Å². The molecular weight excluding hydrogens is 289 g/mol. The molecule has 2 rings (SSSR count). The number of carbonyl (C=O) groups is 2. The number of ether oxygens (including phenoxy) is 1. The zero-order valence-electron chi connectivity index (χ0n) is 11.8. The molecule has 2 aromatic carbocycles. The summed E-state index contributed by atoms with van der Waals surface area (Å²) >= 11 is 0. The molecule has 0 aromatic heterocycles. The third-order valence-electron chi connectivity index (χ3n) is 3.08. The molecule has 0 fully saturated rings. The van der Waals surface area contributed by atoms with Crippen molar-refractivity contribution in [1.82, 2.24) is 0 Å². The molecule has 22 heavy (non-hydrogen) atoms. The summed E-state index contributed by atoms with van der Waals surface area (Å²) in [7, 11) is 0. The van der Waals surface area contributed by atoms with E-state index in [9.17, 15) is 14.0 Å². The van der Waals surface area contributed by atoms with Crippen molar-refractivity contribution in [2.45, 2.75) is 13.5 Å². The number of carbonyl (C=O) groups excluding carboxylic acids is 1. The Morgan fingerprint density at radius 3 is 2.82 bits per heavy atom. The fraction of sp³-hybridized carbons (Fsp3) is 0.125. The molecule has 0 bridgehead atoms. The molecule has 2 N–H and O–H groups in total. The van der Waals surface area contributed by atoms with Gasteiger partial charge in [-0.05, 0) is 24.6 Å². The lowest BCUT2D eigenvalue weighted by Gasteiger charge is -2.10. The molecular formula is C16H14FNO4. The number of carboxylic acid groups (broad SMARTS) is 1. The number of hydrogen-bond acceptors (Lipinski definition) is 3. The molecule has 0 atom stereocenters. The Balaban J connectivity index is 2.13. The van der Waals surface area contributed by atoms with Crippen LogP contribution < -0.4 is 10.1 Å². The van der Waals surface area contributed by atoms with Crippen LogP contribution in [0, 0.1) is 12.7 Å². The summed E-state index contributed by atoms with van der Waals surface area (Å²) in [6.07, 6.45) is -0.705. The van der Waals surface area contributed by atoms with E-state index in [1.54, 1.807) is 37.3 Å². The first-order valence-electron chi connectivity index (χ1n) is 6.47. The van der Waals surface area contributed by atoms with Gasteiger partial charge in [-0.3, -0.25) is 10.1 Å². The molecule has 6 heteroatoms. The number of aryl methyl sites for hydroxylation is 1. The smallest absolute Gasteiger partial charge is 0.409 e. The van der Waals surface area contributed by atoms with Crippen molar-refractivity contribution >= 4 is 18.1 Å². The predicted octanol–water partition coefficient (Wildman–Crippen LogP) is 3.62. The lowest BCUT2D eigenvalue weighted by Crippen LogP contribution is -2.07. The molecule has 0 radical (unpaired) electrons. The zero-order valence-corrected chi connectivity index (χ0v) is 11.8. The normalized spacial score (nSPS) is 10.1.